The predicted octanol–water partition coefficient (Wildman–Crippen LogP) is 5.66. The Balaban J connectivity index is 1.89. The number of ether oxygens (including phenoxy) is 1. The Bertz CT molecular complexity index is 1150. The van der Waals surface area contributed by atoms with Gasteiger partial charge in [-0.1, -0.05) is 11.6 Å². The number of nitrogens with zero attached hydrogens (tertiary/aromatic N) is 2. The number of halogens is 8. The van der Waals surface area contributed by atoms with Gasteiger partial charge in [0.15, 0.2) is 23.1 Å². The van der Waals surface area contributed by atoms with Crippen LogP contribution in [-0.2, 0) is 24.0 Å². The van der Waals surface area contributed by atoms with Crippen molar-refractivity contribution >= 4 is 17.6 Å². The SMILES string of the molecule is O=C(O)C(F)(F)Cc1cc(F)c(OCc2cc(C(F)(F)F)nn2-c2ccc(Cl)cc2)c(F)c1. The Morgan fingerprint density at radius 2 is 1.61 bits per heavy atom. The second kappa shape index (κ2) is 8.93. The van der Waals surface area contributed by atoms with Crippen LogP contribution >= 0.6 is 11.6 Å². The summed E-state index contributed by atoms with van der Waals surface area (Å²) in [6.45, 7) is -0.774. The van der Waals surface area contributed by atoms with E-state index in [1.807, 2.05) is 0 Å². The van der Waals surface area contributed by atoms with E-state index in [2.05, 4.69) is 5.10 Å². The Morgan fingerprint density at radius 1 is 1.03 bits per heavy atom. The van der Waals surface area contributed by atoms with Crippen LogP contribution in [0.25, 0.3) is 5.69 Å². The van der Waals surface area contributed by atoms with Crippen LogP contribution in [0, 0.1) is 11.6 Å². The van der Waals surface area contributed by atoms with Crippen molar-refractivity contribution in [3.63, 3.8) is 0 Å². The largest absolute Gasteiger partial charge is 0.481 e. The third-order valence-corrected chi connectivity index (χ3v) is 4.56. The lowest BCUT2D eigenvalue weighted by Gasteiger charge is -2.14. The molecule has 33 heavy (non-hydrogen) atoms. The van der Waals surface area contributed by atoms with Crippen molar-refractivity contribution in [2.75, 3.05) is 0 Å². The lowest BCUT2D eigenvalue weighted by atomic mass is 10.1. The lowest BCUT2D eigenvalue weighted by Crippen LogP contribution is -2.30. The van der Waals surface area contributed by atoms with Gasteiger partial charge in [0.25, 0.3) is 0 Å². The lowest BCUT2D eigenvalue weighted by molar-refractivity contribution is -0.164. The van der Waals surface area contributed by atoms with Crippen molar-refractivity contribution in [3.8, 4) is 11.4 Å². The molecule has 2 aromatic carbocycles. The van der Waals surface area contributed by atoms with Crippen LogP contribution in [0.3, 0.4) is 0 Å². The quantitative estimate of drug-likeness (QED) is 0.429. The first-order chi connectivity index (χ1) is 15.3. The Hall–Kier alpha value is -3.28. The third-order valence-electron chi connectivity index (χ3n) is 4.31. The van der Waals surface area contributed by atoms with E-state index in [4.69, 9.17) is 21.4 Å². The van der Waals surface area contributed by atoms with Gasteiger partial charge in [-0.15, -0.1) is 0 Å². The summed E-state index contributed by atoms with van der Waals surface area (Å²) in [7, 11) is 0. The van der Waals surface area contributed by atoms with E-state index < -0.39 is 59.7 Å². The van der Waals surface area contributed by atoms with Gasteiger partial charge in [0.1, 0.15) is 6.61 Å². The van der Waals surface area contributed by atoms with Gasteiger partial charge in [-0.2, -0.15) is 27.1 Å². The maximum Gasteiger partial charge on any atom is 0.435 e. The van der Waals surface area contributed by atoms with Crippen LogP contribution in [-0.4, -0.2) is 26.8 Å². The molecular weight excluding hydrogens is 485 g/mol. The fourth-order valence-corrected chi connectivity index (χ4v) is 2.92. The van der Waals surface area contributed by atoms with E-state index in [9.17, 15) is 35.5 Å². The minimum absolute atomic E-state index is 0.153. The van der Waals surface area contributed by atoms with Crippen LogP contribution in [0.4, 0.5) is 30.7 Å². The van der Waals surface area contributed by atoms with Gasteiger partial charge < -0.3 is 9.84 Å². The number of carboxylic acids is 1. The summed E-state index contributed by atoms with van der Waals surface area (Å²) in [5, 5.41) is 12.2. The number of alkyl halides is 5. The van der Waals surface area contributed by atoms with Crippen molar-refractivity contribution in [3.05, 3.63) is 76.1 Å². The summed E-state index contributed by atoms with van der Waals surface area (Å²) in [4.78, 5) is 10.5. The highest BCUT2D eigenvalue weighted by molar-refractivity contribution is 6.30. The normalized spacial score (nSPS) is 12.1. The highest BCUT2D eigenvalue weighted by atomic mass is 35.5. The molecule has 0 radical (unpaired) electrons. The number of rotatable bonds is 7. The van der Waals surface area contributed by atoms with Crippen molar-refractivity contribution in [2.45, 2.75) is 25.1 Å². The zero-order valence-electron chi connectivity index (χ0n) is 16.1. The van der Waals surface area contributed by atoms with Crippen molar-refractivity contribution in [1.29, 1.82) is 0 Å². The minimum atomic E-state index is -4.82. The van der Waals surface area contributed by atoms with Gasteiger partial charge in [-0.05, 0) is 48.0 Å². The smallest absolute Gasteiger partial charge is 0.435 e. The standard InChI is InChI=1S/C20H12ClF7N2O3/c21-11-1-3-12(4-2-11)30-13(7-16(29-30)20(26,27)28)9-33-17-14(22)5-10(6-15(17)23)8-19(24,25)18(31)32/h1-7H,8-9H2,(H,31,32). The zero-order valence-corrected chi connectivity index (χ0v) is 16.9. The number of aliphatic carboxylic acids is 1. The zero-order chi connectivity index (χ0) is 24.6. The van der Waals surface area contributed by atoms with E-state index in [0.717, 1.165) is 4.68 Å². The summed E-state index contributed by atoms with van der Waals surface area (Å²) in [5.41, 5.74) is -2.02. The van der Waals surface area contributed by atoms with Crippen molar-refractivity contribution in [1.82, 2.24) is 9.78 Å². The second-order valence-corrected chi connectivity index (χ2v) is 7.21. The van der Waals surface area contributed by atoms with Gasteiger partial charge in [-0.3, -0.25) is 0 Å². The first-order valence-corrected chi connectivity index (χ1v) is 9.30. The molecule has 0 unspecified atom stereocenters. The summed E-state index contributed by atoms with van der Waals surface area (Å²) in [6.07, 6.45) is -6.30. The number of carbonyl (C=O) groups is 1. The van der Waals surface area contributed by atoms with Crippen LogP contribution in [0.5, 0.6) is 5.75 Å². The molecule has 0 saturated carbocycles. The predicted molar refractivity (Wildman–Crippen MR) is 101 cm³/mol. The monoisotopic (exact) mass is 496 g/mol. The number of aromatic nitrogens is 2. The van der Waals surface area contributed by atoms with E-state index >= 15 is 0 Å². The summed E-state index contributed by atoms with van der Waals surface area (Å²) in [6, 6.07) is 7.02. The molecule has 5 nitrogen and oxygen atoms in total. The fraction of sp³-hybridized carbons (Fsp3) is 0.200. The summed E-state index contributed by atoms with van der Waals surface area (Å²) >= 11 is 5.77. The Morgan fingerprint density at radius 3 is 2.12 bits per heavy atom. The second-order valence-electron chi connectivity index (χ2n) is 6.77. The molecule has 0 fully saturated rings. The molecule has 1 heterocycles. The molecule has 13 heteroatoms. The molecule has 3 aromatic rings. The molecule has 1 N–H and O–H groups in total. The third kappa shape index (κ3) is 5.56. The number of hydrogen-bond donors (Lipinski definition) is 1. The van der Waals surface area contributed by atoms with E-state index in [-0.39, 0.29) is 11.4 Å². The van der Waals surface area contributed by atoms with Gasteiger partial charge >= 0.3 is 18.1 Å². The first-order valence-electron chi connectivity index (χ1n) is 8.92. The molecule has 0 saturated heterocycles. The first kappa shape index (κ1) is 24.4. The average molecular weight is 497 g/mol. The molecule has 1 aromatic heterocycles. The molecule has 3 rings (SSSR count). The molecule has 0 atom stereocenters. The van der Waals surface area contributed by atoms with Crippen LogP contribution in [0.2, 0.25) is 5.02 Å². The number of hydrogen-bond acceptors (Lipinski definition) is 3. The highest BCUT2D eigenvalue weighted by Crippen LogP contribution is 2.31. The molecule has 176 valence electrons. The van der Waals surface area contributed by atoms with Crippen molar-refractivity contribution < 1.29 is 45.4 Å². The minimum Gasteiger partial charge on any atom is -0.481 e. The molecule has 0 aliphatic heterocycles. The van der Waals surface area contributed by atoms with Crippen molar-refractivity contribution in [2.24, 2.45) is 0 Å². The molecule has 0 amide bonds. The van der Waals surface area contributed by atoms with E-state index in [1.165, 1.54) is 24.3 Å². The van der Waals surface area contributed by atoms with E-state index in [0.29, 0.717) is 23.2 Å². The average Bonchev–Trinajstić information content (AvgIpc) is 3.12. The number of benzene rings is 2. The van der Waals surface area contributed by atoms with Gasteiger partial charge in [0.05, 0.1) is 11.4 Å². The molecule has 0 aliphatic carbocycles. The molecular formula is C20H12ClF7N2O3. The summed E-state index contributed by atoms with van der Waals surface area (Å²) in [5.74, 6) is -10.7. The fourth-order valence-electron chi connectivity index (χ4n) is 2.80. The Labute approximate surface area is 186 Å². The number of carboxylic acid groups (broad SMARTS) is 1. The van der Waals surface area contributed by atoms with Crippen LogP contribution in [0.1, 0.15) is 17.0 Å². The van der Waals surface area contributed by atoms with Crippen LogP contribution in [0.15, 0.2) is 42.5 Å². The van der Waals surface area contributed by atoms with E-state index in [1.54, 1.807) is 0 Å². The highest BCUT2D eigenvalue weighted by Gasteiger charge is 2.39. The van der Waals surface area contributed by atoms with Gasteiger partial charge in [-0.25, -0.2) is 18.3 Å². The molecule has 0 bridgehead atoms. The molecule has 0 spiro atoms. The van der Waals surface area contributed by atoms with Gasteiger partial charge in [0.2, 0.25) is 0 Å². The van der Waals surface area contributed by atoms with Gasteiger partial charge in [0, 0.05) is 11.4 Å². The van der Waals surface area contributed by atoms with Crippen LogP contribution < -0.4 is 4.74 Å². The Kier molecular flexibility index (Phi) is 6.59. The summed E-state index contributed by atoms with van der Waals surface area (Å²) < 4.78 is 100. The maximum atomic E-state index is 14.3. The molecule has 0 aliphatic rings. The maximum absolute atomic E-state index is 14.3. The topological polar surface area (TPSA) is 64.3 Å².